The summed E-state index contributed by atoms with van der Waals surface area (Å²) in [7, 11) is 1.90. The van der Waals surface area contributed by atoms with Crippen LogP contribution in [0.5, 0.6) is 0 Å². The average molecular weight is 226 g/mol. The molecule has 0 atom stereocenters. The fourth-order valence-electron chi connectivity index (χ4n) is 2.42. The van der Waals surface area contributed by atoms with Crippen LogP contribution in [0.2, 0.25) is 0 Å². The van der Waals surface area contributed by atoms with Gasteiger partial charge in [-0.05, 0) is 31.7 Å². The Hall–Kier alpha value is -0.570. The second kappa shape index (κ2) is 7.66. The van der Waals surface area contributed by atoms with Gasteiger partial charge in [-0.25, -0.2) is 0 Å². The Labute approximate surface area is 99.4 Å². The highest BCUT2D eigenvalue weighted by molar-refractivity contribution is 5.76. The lowest BCUT2D eigenvalue weighted by Crippen LogP contribution is -2.30. The molecule has 0 aliphatic heterocycles. The number of carbonyl (C=O) groups excluding carboxylic acids is 1. The quantitative estimate of drug-likeness (QED) is 0.730. The third-order valence-electron chi connectivity index (χ3n) is 3.56. The molecule has 2 N–H and O–H groups in total. The zero-order valence-electron chi connectivity index (χ0n) is 10.6. The van der Waals surface area contributed by atoms with E-state index in [1.165, 1.54) is 38.5 Å². The molecule has 0 radical (unpaired) electrons. The third kappa shape index (κ3) is 4.97. The zero-order chi connectivity index (χ0) is 11.8. The minimum atomic E-state index is 0.306. The summed E-state index contributed by atoms with van der Waals surface area (Å²) < 4.78 is 0. The molecule has 0 heterocycles. The summed E-state index contributed by atoms with van der Waals surface area (Å²) in [5, 5.41) is 0. The molecule has 1 rings (SSSR count). The maximum atomic E-state index is 11.9. The van der Waals surface area contributed by atoms with Crippen LogP contribution >= 0.6 is 0 Å². The Balaban J connectivity index is 2.25. The number of nitrogens with two attached hydrogens (primary N) is 1. The van der Waals surface area contributed by atoms with E-state index in [9.17, 15) is 4.79 Å². The van der Waals surface area contributed by atoms with Gasteiger partial charge in [-0.15, -0.1) is 0 Å². The monoisotopic (exact) mass is 226 g/mol. The Morgan fingerprint density at radius 1 is 1.25 bits per heavy atom. The highest BCUT2D eigenvalue weighted by Crippen LogP contribution is 2.25. The summed E-state index contributed by atoms with van der Waals surface area (Å²) in [5.41, 5.74) is 5.44. The highest BCUT2D eigenvalue weighted by Gasteiger charge is 2.17. The molecular weight excluding hydrogens is 200 g/mol. The van der Waals surface area contributed by atoms with E-state index in [2.05, 4.69) is 0 Å². The van der Waals surface area contributed by atoms with Gasteiger partial charge in [0.1, 0.15) is 0 Å². The third-order valence-corrected chi connectivity index (χ3v) is 3.56. The van der Waals surface area contributed by atoms with Crippen LogP contribution in [0.15, 0.2) is 0 Å². The summed E-state index contributed by atoms with van der Waals surface area (Å²) in [4.78, 5) is 13.8. The van der Waals surface area contributed by atoms with Crippen molar-refractivity contribution in [1.29, 1.82) is 0 Å². The first-order chi connectivity index (χ1) is 7.74. The molecular formula is C13H26N2O. The first kappa shape index (κ1) is 13.5. The normalized spacial score (nSPS) is 18.1. The van der Waals surface area contributed by atoms with E-state index in [-0.39, 0.29) is 0 Å². The van der Waals surface area contributed by atoms with Crippen LogP contribution < -0.4 is 5.73 Å². The van der Waals surface area contributed by atoms with Crippen LogP contribution in [0.3, 0.4) is 0 Å². The van der Waals surface area contributed by atoms with Gasteiger partial charge in [0.15, 0.2) is 0 Å². The Morgan fingerprint density at radius 2 is 1.88 bits per heavy atom. The predicted molar refractivity (Wildman–Crippen MR) is 67.1 cm³/mol. The maximum absolute atomic E-state index is 11.9. The van der Waals surface area contributed by atoms with E-state index in [0.717, 1.165) is 19.4 Å². The molecule has 0 bridgehead atoms. The SMILES string of the molecule is CN(CCCN)C(=O)CC1CCCCCC1. The van der Waals surface area contributed by atoms with E-state index >= 15 is 0 Å². The predicted octanol–water partition coefficient (Wildman–Crippen LogP) is 2.15. The molecule has 0 aromatic rings. The molecule has 3 heteroatoms. The van der Waals surface area contributed by atoms with Gasteiger partial charge >= 0.3 is 0 Å². The van der Waals surface area contributed by atoms with Crippen LogP contribution in [0.1, 0.15) is 51.4 Å². The van der Waals surface area contributed by atoms with Crippen molar-refractivity contribution in [3.63, 3.8) is 0 Å². The van der Waals surface area contributed by atoms with Gasteiger partial charge in [0, 0.05) is 20.0 Å². The maximum Gasteiger partial charge on any atom is 0.222 e. The van der Waals surface area contributed by atoms with Crippen molar-refractivity contribution in [2.24, 2.45) is 11.7 Å². The van der Waals surface area contributed by atoms with Crippen molar-refractivity contribution in [3.8, 4) is 0 Å². The number of hydrogen-bond donors (Lipinski definition) is 1. The molecule has 0 aromatic carbocycles. The molecule has 3 nitrogen and oxygen atoms in total. The lowest BCUT2D eigenvalue weighted by molar-refractivity contribution is -0.131. The molecule has 1 aliphatic carbocycles. The Kier molecular flexibility index (Phi) is 6.46. The first-order valence-electron chi connectivity index (χ1n) is 6.68. The summed E-state index contributed by atoms with van der Waals surface area (Å²) in [6.45, 7) is 1.48. The highest BCUT2D eigenvalue weighted by atomic mass is 16.2. The van der Waals surface area contributed by atoms with Gasteiger partial charge < -0.3 is 10.6 Å². The standard InChI is InChI=1S/C13H26N2O/c1-15(10-6-9-14)13(16)11-12-7-4-2-3-5-8-12/h12H,2-11,14H2,1H3. The fraction of sp³-hybridized carbons (Fsp3) is 0.923. The van der Waals surface area contributed by atoms with Crippen molar-refractivity contribution in [1.82, 2.24) is 4.90 Å². The smallest absolute Gasteiger partial charge is 0.222 e. The van der Waals surface area contributed by atoms with Crippen molar-refractivity contribution < 1.29 is 4.79 Å². The summed E-state index contributed by atoms with van der Waals surface area (Å²) >= 11 is 0. The Morgan fingerprint density at radius 3 is 2.44 bits per heavy atom. The van der Waals surface area contributed by atoms with Crippen LogP contribution in [0.4, 0.5) is 0 Å². The lowest BCUT2D eigenvalue weighted by atomic mass is 9.96. The summed E-state index contributed by atoms with van der Waals surface area (Å²) in [5.74, 6) is 0.940. The molecule has 0 unspecified atom stereocenters. The van der Waals surface area contributed by atoms with E-state index < -0.39 is 0 Å². The van der Waals surface area contributed by atoms with E-state index in [4.69, 9.17) is 5.73 Å². The summed E-state index contributed by atoms with van der Waals surface area (Å²) in [6, 6.07) is 0. The van der Waals surface area contributed by atoms with E-state index in [1.54, 1.807) is 0 Å². The Bertz CT molecular complexity index is 198. The molecule has 0 saturated heterocycles. The van der Waals surface area contributed by atoms with E-state index in [0.29, 0.717) is 18.4 Å². The molecule has 16 heavy (non-hydrogen) atoms. The topological polar surface area (TPSA) is 46.3 Å². The van der Waals surface area contributed by atoms with Crippen molar-refractivity contribution >= 4 is 5.91 Å². The minimum absolute atomic E-state index is 0.306. The molecule has 94 valence electrons. The van der Waals surface area contributed by atoms with Crippen molar-refractivity contribution in [2.45, 2.75) is 51.4 Å². The number of rotatable bonds is 5. The number of nitrogens with zero attached hydrogens (tertiary/aromatic N) is 1. The largest absolute Gasteiger partial charge is 0.346 e. The molecule has 1 saturated carbocycles. The van der Waals surface area contributed by atoms with E-state index in [1.807, 2.05) is 11.9 Å². The van der Waals surface area contributed by atoms with Gasteiger partial charge in [0.05, 0.1) is 0 Å². The van der Waals surface area contributed by atoms with Gasteiger partial charge in [-0.1, -0.05) is 25.7 Å². The van der Waals surface area contributed by atoms with Gasteiger partial charge in [-0.2, -0.15) is 0 Å². The second-order valence-corrected chi connectivity index (χ2v) is 5.02. The molecule has 1 fully saturated rings. The molecule has 1 amide bonds. The zero-order valence-corrected chi connectivity index (χ0v) is 10.6. The van der Waals surface area contributed by atoms with Gasteiger partial charge in [0.25, 0.3) is 0 Å². The molecule has 1 aliphatic rings. The van der Waals surface area contributed by atoms with Gasteiger partial charge in [-0.3, -0.25) is 4.79 Å². The lowest BCUT2D eigenvalue weighted by Gasteiger charge is -2.20. The molecule has 0 spiro atoms. The number of carbonyl (C=O) groups is 1. The number of amides is 1. The average Bonchev–Trinajstić information content (AvgIpc) is 2.54. The van der Waals surface area contributed by atoms with Crippen molar-refractivity contribution in [3.05, 3.63) is 0 Å². The minimum Gasteiger partial charge on any atom is -0.346 e. The van der Waals surface area contributed by atoms with Crippen LogP contribution in [-0.4, -0.2) is 30.9 Å². The van der Waals surface area contributed by atoms with Crippen LogP contribution in [-0.2, 0) is 4.79 Å². The first-order valence-corrected chi connectivity index (χ1v) is 6.68. The fourth-order valence-corrected chi connectivity index (χ4v) is 2.42. The summed E-state index contributed by atoms with van der Waals surface area (Å²) in [6.07, 6.45) is 9.48. The van der Waals surface area contributed by atoms with Gasteiger partial charge in [0.2, 0.25) is 5.91 Å². The van der Waals surface area contributed by atoms with Crippen LogP contribution in [0, 0.1) is 5.92 Å². The second-order valence-electron chi connectivity index (χ2n) is 5.02. The van der Waals surface area contributed by atoms with Crippen molar-refractivity contribution in [2.75, 3.05) is 20.1 Å². The number of hydrogen-bond acceptors (Lipinski definition) is 2. The van der Waals surface area contributed by atoms with Crippen LogP contribution in [0.25, 0.3) is 0 Å². The molecule has 0 aromatic heterocycles.